The van der Waals surface area contributed by atoms with Gasteiger partial charge in [-0.15, -0.1) is 0 Å². The molecule has 2 N–H and O–H groups in total. The Morgan fingerprint density at radius 1 is 1.10 bits per heavy atom. The van der Waals surface area contributed by atoms with Gasteiger partial charge in [-0.1, -0.05) is 41.4 Å². The van der Waals surface area contributed by atoms with Gasteiger partial charge in [-0.3, -0.25) is 0 Å². The van der Waals surface area contributed by atoms with Crippen LogP contribution in [-0.2, 0) is 16.6 Å². The van der Waals surface area contributed by atoms with Gasteiger partial charge in [0.25, 0.3) is 0 Å². The van der Waals surface area contributed by atoms with Crippen molar-refractivity contribution in [2.45, 2.75) is 11.4 Å². The van der Waals surface area contributed by atoms with E-state index in [1.807, 2.05) is 6.07 Å². The highest BCUT2D eigenvalue weighted by Gasteiger charge is 2.22. The van der Waals surface area contributed by atoms with Gasteiger partial charge in [0.1, 0.15) is 0 Å². The van der Waals surface area contributed by atoms with Crippen LogP contribution in [0, 0.1) is 0 Å². The zero-order valence-corrected chi connectivity index (χ0v) is 13.6. The SMILES string of the molecule is CN(Cc1ccccc1N)S(=O)(=O)c1ccc(Cl)c(Cl)c1. The Bertz CT molecular complexity index is 763. The molecule has 0 aliphatic heterocycles. The van der Waals surface area contributed by atoms with Gasteiger partial charge in [-0.05, 0) is 29.8 Å². The third-order valence-corrected chi connectivity index (χ3v) is 5.59. The molecule has 2 aromatic carbocycles. The van der Waals surface area contributed by atoms with Gasteiger partial charge in [-0.2, -0.15) is 4.31 Å². The monoisotopic (exact) mass is 344 g/mol. The molecule has 0 aliphatic rings. The van der Waals surface area contributed by atoms with Gasteiger partial charge >= 0.3 is 0 Å². The smallest absolute Gasteiger partial charge is 0.243 e. The van der Waals surface area contributed by atoms with Crippen LogP contribution in [0.2, 0.25) is 10.0 Å². The molecule has 0 aromatic heterocycles. The second kappa shape index (κ2) is 6.23. The third-order valence-electron chi connectivity index (χ3n) is 3.05. The highest BCUT2D eigenvalue weighted by molar-refractivity contribution is 7.89. The summed E-state index contributed by atoms with van der Waals surface area (Å²) in [5.74, 6) is 0. The minimum atomic E-state index is -3.66. The Kier molecular flexibility index (Phi) is 4.78. The Hall–Kier alpha value is -1.27. The molecule has 2 aromatic rings. The molecular weight excluding hydrogens is 331 g/mol. The molecule has 0 radical (unpaired) electrons. The average molecular weight is 345 g/mol. The number of sulfonamides is 1. The van der Waals surface area contributed by atoms with Gasteiger partial charge in [-0.25, -0.2) is 8.42 Å². The zero-order valence-electron chi connectivity index (χ0n) is 11.3. The molecule has 0 unspecified atom stereocenters. The van der Waals surface area contributed by atoms with E-state index in [-0.39, 0.29) is 16.5 Å². The van der Waals surface area contributed by atoms with E-state index in [1.54, 1.807) is 18.2 Å². The number of rotatable bonds is 4. The number of nitrogens with two attached hydrogens (primary N) is 1. The third kappa shape index (κ3) is 3.49. The summed E-state index contributed by atoms with van der Waals surface area (Å²) in [6.07, 6.45) is 0. The van der Waals surface area contributed by atoms with E-state index in [9.17, 15) is 8.42 Å². The van der Waals surface area contributed by atoms with Crippen molar-refractivity contribution in [2.75, 3.05) is 12.8 Å². The fourth-order valence-electron chi connectivity index (χ4n) is 1.82. The maximum atomic E-state index is 12.5. The molecule has 0 amide bonds. The van der Waals surface area contributed by atoms with Crippen LogP contribution in [0.1, 0.15) is 5.56 Å². The Morgan fingerprint density at radius 2 is 1.76 bits per heavy atom. The maximum Gasteiger partial charge on any atom is 0.243 e. The number of anilines is 1. The minimum absolute atomic E-state index is 0.0916. The first kappa shape index (κ1) is 16.1. The van der Waals surface area contributed by atoms with Crippen molar-refractivity contribution in [1.82, 2.24) is 4.31 Å². The van der Waals surface area contributed by atoms with E-state index >= 15 is 0 Å². The predicted octanol–water partition coefficient (Wildman–Crippen LogP) is 3.40. The van der Waals surface area contributed by atoms with E-state index in [4.69, 9.17) is 28.9 Å². The Morgan fingerprint density at radius 3 is 2.38 bits per heavy atom. The van der Waals surface area contributed by atoms with Crippen molar-refractivity contribution < 1.29 is 8.42 Å². The fourth-order valence-corrected chi connectivity index (χ4v) is 3.36. The summed E-state index contributed by atoms with van der Waals surface area (Å²) in [4.78, 5) is 0.0916. The summed E-state index contributed by atoms with van der Waals surface area (Å²) in [6, 6.07) is 11.3. The molecule has 4 nitrogen and oxygen atoms in total. The predicted molar refractivity (Wildman–Crippen MR) is 86.0 cm³/mol. The lowest BCUT2D eigenvalue weighted by molar-refractivity contribution is 0.467. The number of hydrogen-bond acceptors (Lipinski definition) is 3. The Balaban J connectivity index is 2.30. The van der Waals surface area contributed by atoms with E-state index in [1.165, 1.54) is 29.6 Å². The number of para-hydroxylation sites is 1. The number of hydrogen-bond donors (Lipinski definition) is 1. The van der Waals surface area contributed by atoms with Crippen LogP contribution in [0.5, 0.6) is 0 Å². The molecule has 0 bridgehead atoms. The molecule has 112 valence electrons. The van der Waals surface area contributed by atoms with Crippen LogP contribution in [0.3, 0.4) is 0 Å². The van der Waals surface area contributed by atoms with Gasteiger partial charge in [0, 0.05) is 19.3 Å². The summed E-state index contributed by atoms with van der Waals surface area (Å²) < 4.78 is 26.2. The van der Waals surface area contributed by atoms with Crippen LogP contribution in [0.4, 0.5) is 5.69 Å². The van der Waals surface area contributed by atoms with Gasteiger partial charge in [0.15, 0.2) is 0 Å². The molecule has 0 spiro atoms. The summed E-state index contributed by atoms with van der Waals surface area (Å²) in [5.41, 5.74) is 7.12. The van der Waals surface area contributed by atoms with Gasteiger partial charge in [0.2, 0.25) is 10.0 Å². The molecule has 0 heterocycles. The van der Waals surface area contributed by atoms with Crippen LogP contribution >= 0.6 is 23.2 Å². The molecule has 0 saturated heterocycles. The summed E-state index contributed by atoms with van der Waals surface area (Å²) in [6.45, 7) is 0.176. The maximum absolute atomic E-state index is 12.5. The summed E-state index contributed by atoms with van der Waals surface area (Å²) in [7, 11) is -2.17. The lowest BCUT2D eigenvalue weighted by Gasteiger charge is -2.18. The zero-order chi connectivity index (χ0) is 15.6. The van der Waals surface area contributed by atoms with Gasteiger partial charge < -0.3 is 5.73 Å². The van der Waals surface area contributed by atoms with Crippen LogP contribution in [0.25, 0.3) is 0 Å². The molecule has 0 aliphatic carbocycles. The van der Waals surface area contributed by atoms with Gasteiger partial charge in [0.05, 0.1) is 14.9 Å². The normalized spacial score (nSPS) is 11.8. The molecular formula is C14H14Cl2N2O2S. The van der Waals surface area contributed by atoms with E-state index in [2.05, 4.69) is 0 Å². The quantitative estimate of drug-likeness (QED) is 0.864. The average Bonchev–Trinajstić information content (AvgIpc) is 2.44. The highest BCUT2D eigenvalue weighted by atomic mass is 35.5. The first-order valence-corrected chi connectivity index (χ1v) is 8.27. The second-order valence-electron chi connectivity index (χ2n) is 4.54. The largest absolute Gasteiger partial charge is 0.398 e. The van der Waals surface area contributed by atoms with E-state index in [0.717, 1.165) is 5.56 Å². The lowest BCUT2D eigenvalue weighted by Crippen LogP contribution is -2.26. The number of benzene rings is 2. The van der Waals surface area contributed by atoms with Crippen molar-refractivity contribution in [2.24, 2.45) is 0 Å². The molecule has 2 rings (SSSR count). The van der Waals surface area contributed by atoms with E-state index < -0.39 is 10.0 Å². The van der Waals surface area contributed by atoms with Crippen molar-refractivity contribution in [3.63, 3.8) is 0 Å². The van der Waals surface area contributed by atoms with Crippen LogP contribution in [-0.4, -0.2) is 19.8 Å². The summed E-state index contributed by atoms with van der Waals surface area (Å²) in [5, 5.41) is 0.510. The van der Waals surface area contributed by atoms with Crippen molar-refractivity contribution in [1.29, 1.82) is 0 Å². The molecule has 0 saturated carbocycles. The molecule has 7 heteroatoms. The molecule has 0 fully saturated rings. The topological polar surface area (TPSA) is 63.4 Å². The number of halogens is 2. The van der Waals surface area contributed by atoms with Crippen LogP contribution in [0.15, 0.2) is 47.4 Å². The van der Waals surface area contributed by atoms with Crippen molar-refractivity contribution in [3.8, 4) is 0 Å². The fraction of sp³-hybridized carbons (Fsp3) is 0.143. The highest BCUT2D eigenvalue weighted by Crippen LogP contribution is 2.27. The first-order valence-electron chi connectivity index (χ1n) is 6.07. The minimum Gasteiger partial charge on any atom is -0.398 e. The molecule has 21 heavy (non-hydrogen) atoms. The van der Waals surface area contributed by atoms with E-state index in [0.29, 0.717) is 10.7 Å². The standard InChI is InChI=1S/C14H14Cl2N2O2S/c1-18(9-10-4-2-3-5-14(10)17)21(19,20)11-6-7-12(15)13(16)8-11/h2-8H,9,17H2,1H3. The molecule has 0 atom stereocenters. The second-order valence-corrected chi connectivity index (χ2v) is 7.40. The van der Waals surface area contributed by atoms with Crippen molar-refractivity contribution >= 4 is 38.9 Å². The summed E-state index contributed by atoms with van der Waals surface area (Å²) >= 11 is 11.7. The van der Waals surface area contributed by atoms with Crippen molar-refractivity contribution in [3.05, 3.63) is 58.1 Å². The number of nitrogens with zero attached hydrogens (tertiary/aromatic N) is 1. The number of nitrogen functional groups attached to an aromatic ring is 1. The first-order chi connectivity index (χ1) is 9.82. The lowest BCUT2D eigenvalue weighted by atomic mass is 10.2. The Labute approximate surface area is 134 Å². The van der Waals surface area contributed by atoms with Crippen LogP contribution < -0.4 is 5.73 Å².